The molecule has 0 radical (unpaired) electrons. The van der Waals surface area contributed by atoms with E-state index in [2.05, 4.69) is 44.3 Å². The van der Waals surface area contributed by atoms with E-state index in [0.29, 0.717) is 19.8 Å². The Balaban J connectivity index is 1.98. The Bertz CT molecular complexity index is 456. The zero-order valence-electron chi connectivity index (χ0n) is 12.7. The van der Waals surface area contributed by atoms with Crippen molar-refractivity contribution in [2.24, 2.45) is 5.92 Å². The Labute approximate surface area is 121 Å². The molecule has 1 aromatic rings. The fourth-order valence-electron chi connectivity index (χ4n) is 2.69. The summed E-state index contributed by atoms with van der Waals surface area (Å²) in [5.74, 6) is 0.280. The minimum atomic E-state index is 0.0972. The molecule has 1 heterocycles. The van der Waals surface area contributed by atoms with Gasteiger partial charge >= 0.3 is 0 Å². The largest absolute Gasteiger partial charge is 0.381 e. The number of carbonyl (C=O) groups is 1. The maximum Gasteiger partial charge on any atom is 0.223 e. The summed E-state index contributed by atoms with van der Waals surface area (Å²) in [5, 5.41) is 3.09. The molecule has 2 rings (SSSR count). The molecular formula is C17H25NO2. The van der Waals surface area contributed by atoms with Crippen LogP contribution in [-0.2, 0) is 21.5 Å². The van der Waals surface area contributed by atoms with Gasteiger partial charge in [0, 0.05) is 25.7 Å². The number of nitrogens with one attached hydrogen (secondary N) is 1. The Hall–Kier alpha value is -1.35. The van der Waals surface area contributed by atoms with Crippen LogP contribution < -0.4 is 5.32 Å². The molecule has 3 nitrogen and oxygen atoms in total. The normalized spacial score (nSPS) is 16.9. The van der Waals surface area contributed by atoms with E-state index in [4.69, 9.17) is 4.74 Å². The Morgan fingerprint density at radius 2 is 1.90 bits per heavy atom. The van der Waals surface area contributed by atoms with Gasteiger partial charge in [0.05, 0.1) is 0 Å². The highest BCUT2D eigenvalue weighted by Crippen LogP contribution is 2.25. The molecule has 110 valence electrons. The second kappa shape index (κ2) is 6.40. The maximum absolute atomic E-state index is 12.2. The molecule has 0 unspecified atom stereocenters. The lowest BCUT2D eigenvalue weighted by molar-refractivity contribution is -0.128. The van der Waals surface area contributed by atoms with Crippen molar-refractivity contribution < 1.29 is 9.53 Å². The van der Waals surface area contributed by atoms with Crippen molar-refractivity contribution in [1.82, 2.24) is 5.32 Å². The molecule has 1 aliphatic heterocycles. The minimum Gasteiger partial charge on any atom is -0.381 e. The summed E-state index contributed by atoms with van der Waals surface area (Å²) < 4.78 is 5.30. The summed E-state index contributed by atoms with van der Waals surface area (Å²) in [5.41, 5.74) is 2.60. The van der Waals surface area contributed by atoms with Gasteiger partial charge in [0.2, 0.25) is 5.91 Å². The number of amides is 1. The highest BCUT2D eigenvalue weighted by molar-refractivity contribution is 5.78. The van der Waals surface area contributed by atoms with Gasteiger partial charge in [0.25, 0.3) is 0 Å². The lowest BCUT2D eigenvalue weighted by Gasteiger charge is -2.24. The first-order chi connectivity index (χ1) is 9.48. The molecule has 1 aromatic carbocycles. The molecular weight excluding hydrogens is 250 g/mol. The van der Waals surface area contributed by atoms with Gasteiger partial charge in [-0.2, -0.15) is 0 Å². The second-order valence-electron chi connectivity index (χ2n) is 6.51. The number of ether oxygens (including phenoxy) is 1. The fourth-order valence-corrected chi connectivity index (χ4v) is 2.69. The van der Waals surface area contributed by atoms with Gasteiger partial charge in [-0.25, -0.2) is 0 Å². The summed E-state index contributed by atoms with van der Waals surface area (Å²) in [6.45, 7) is 8.63. The lowest BCUT2D eigenvalue weighted by atomic mass is 9.84. The first kappa shape index (κ1) is 15.0. The summed E-state index contributed by atoms with van der Waals surface area (Å²) in [6, 6.07) is 8.34. The first-order valence-corrected chi connectivity index (χ1v) is 7.42. The topological polar surface area (TPSA) is 38.3 Å². The standard InChI is InChI=1S/C17H25NO2/c1-17(2,3)15-7-5-4-6-14(15)12-18-16(19)13-8-10-20-11-9-13/h4-7,13H,8-12H2,1-3H3,(H,18,19). The monoisotopic (exact) mass is 275 g/mol. The van der Waals surface area contributed by atoms with Crippen molar-refractivity contribution in [2.75, 3.05) is 13.2 Å². The van der Waals surface area contributed by atoms with Crippen LogP contribution in [0.5, 0.6) is 0 Å². The SMILES string of the molecule is CC(C)(C)c1ccccc1CNC(=O)C1CCOCC1. The van der Waals surface area contributed by atoms with E-state index in [9.17, 15) is 4.79 Å². The summed E-state index contributed by atoms with van der Waals surface area (Å²) in [6.07, 6.45) is 1.68. The van der Waals surface area contributed by atoms with E-state index in [0.717, 1.165) is 12.8 Å². The molecule has 1 saturated heterocycles. The highest BCUT2D eigenvalue weighted by atomic mass is 16.5. The molecule has 1 aliphatic rings. The van der Waals surface area contributed by atoms with E-state index in [1.807, 2.05) is 6.07 Å². The van der Waals surface area contributed by atoms with Gasteiger partial charge in [-0.1, -0.05) is 45.0 Å². The zero-order chi connectivity index (χ0) is 14.6. The number of benzene rings is 1. The molecule has 0 saturated carbocycles. The van der Waals surface area contributed by atoms with Crippen molar-refractivity contribution in [3.8, 4) is 0 Å². The van der Waals surface area contributed by atoms with Crippen molar-refractivity contribution in [1.29, 1.82) is 0 Å². The van der Waals surface area contributed by atoms with Crippen LogP contribution in [0.1, 0.15) is 44.7 Å². The molecule has 1 amide bonds. The van der Waals surface area contributed by atoms with Crippen LogP contribution in [0, 0.1) is 5.92 Å². The molecule has 0 aromatic heterocycles. The molecule has 20 heavy (non-hydrogen) atoms. The molecule has 0 bridgehead atoms. The number of carbonyl (C=O) groups excluding carboxylic acids is 1. The van der Waals surface area contributed by atoms with Gasteiger partial charge in [-0.05, 0) is 29.4 Å². The Morgan fingerprint density at radius 1 is 1.25 bits per heavy atom. The predicted molar refractivity (Wildman–Crippen MR) is 80.5 cm³/mol. The van der Waals surface area contributed by atoms with Crippen LogP contribution in [-0.4, -0.2) is 19.1 Å². The smallest absolute Gasteiger partial charge is 0.223 e. The van der Waals surface area contributed by atoms with Crippen molar-refractivity contribution >= 4 is 5.91 Å². The van der Waals surface area contributed by atoms with Gasteiger partial charge in [0.15, 0.2) is 0 Å². The summed E-state index contributed by atoms with van der Waals surface area (Å²) in [7, 11) is 0. The van der Waals surface area contributed by atoms with Crippen molar-refractivity contribution in [3.63, 3.8) is 0 Å². The average Bonchev–Trinajstić information content (AvgIpc) is 2.45. The van der Waals surface area contributed by atoms with Gasteiger partial charge in [-0.15, -0.1) is 0 Å². The van der Waals surface area contributed by atoms with Crippen LogP contribution >= 0.6 is 0 Å². The van der Waals surface area contributed by atoms with Crippen LogP contribution in [0.4, 0.5) is 0 Å². The zero-order valence-corrected chi connectivity index (χ0v) is 12.7. The van der Waals surface area contributed by atoms with E-state index in [1.165, 1.54) is 11.1 Å². The molecule has 0 atom stereocenters. The Morgan fingerprint density at radius 3 is 2.55 bits per heavy atom. The highest BCUT2D eigenvalue weighted by Gasteiger charge is 2.22. The van der Waals surface area contributed by atoms with E-state index in [1.54, 1.807) is 0 Å². The first-order valence-electron chi connectivity index (χ1n) is 7.42. The van der Waals surface area contributed by atoms with Crippen LogP contribution in [0.15, 0.2) is 24.3 Å². The van der Waals surface area contributed by atoms with Gasteiger partial charge in [-0.3, -0.25) is 4.79 Å². The number of hydrogen-bond donors (Lipinski definition) is 1. The van der Waals surface area contributed by atoms with Gasteiger partial charge < -0.3 is 10.1 Å². The third-order valence-electron chi connectivity index (χ3n) is 3.87. The number of rotatable bonds is 3. The van der Waals surface area contributed by atoms with E-state index >= 15 is 0 Å². The van der Waals surface area contributed by atoms with Crippen LogP contribution in [0.25, 0.3) is 0 Å². The van der Waals surface area contributed by atoms with Crippen LogP contribution in [0.3, 0.4) is 0 Å². The third-order valence-corrected chi connectivity index (χ3v) is 3.87. The van der Waals surface area contributed by atoms with E-state index in [-0.39, 0.29) is 17.2 Å². The van der Waals surface area contributed by atoms with Crippen LogP contribution in [0.2, 0.25) is 0 Å². The van der Waals surface area contributed by atoms with E-state index < -0.39 is 0 Å². The van der Waals surface area contributed by atoms with Crippen molar-refractivity contribution in [2.45, 2.75) is 45.6 Å². The third kappa shape index (κ3) is 3.83. The quantitative estimate of drug-likeness (QED) is 0.921. The molecule has 1 fully saturated rings. The fraction of sp³-hybridized carbons (Fsp3) is 0.588. The summed E-state index contributed by atoms with van der Waals surface area (Å²) >= 11 is 0. The maximum atomic E-state index is 12.2. The molecule has 3 heteroatoms. The predicted octanol–water partition coefficient (Wildman–Crippen LogP) is 3.03. The average molecular weight is 275 g/mol. The number of hydrogen-bond acceptors (Lipinski definition) is 2. The molecule has 1 N–H and O–H groups in total. The Kier molecular flexibility index (Phi) is 4.81. The van der Waals surface area contributed by atoms with Crippen molar-refractivity contribution in [3.05, 3.63) is 35.4 Å². The molecule has 0 aliphatic carbocycles. The lowest BCUT2D eigenvalue weighted by Crippen LogP contribution is -2.34. The molecule has 0 spiro atoms. The van der Waals surface area contributed by atoms with Gasteiger partial charge in [0.1, 0.15) is 0 Å². The second-order valence-corrected chi connectivity index (χ2v) is 6.51. The minimum absolute atomic E-state index is 0.0972. The summed E-state index contributed by atoms with van der Waals surface area (Å²) in [4.78, 5) is 12.2.